The summed E-state index contributed by atoms with van der Waals surface area (Å²) in [6.45, 7) is 0.563. The maximum Gasteiger partial charge on any atom is 0.0850 e. The molecule has 0 radical (unpaired) electrons. The van der Waals surface area contributed by atoms with Gasteiger partial charge < -0.3 is 22.9 Å². The Morgan fingerprint density at radius 3 is 1.42 bits per heavy atom. The van der Waals surface area contributed by atoms with Crippen LogP contribution in [-0.2, 0) is 0 Å². The molecule has 0 aliphatic heterocycles. The van der Waals surface area contributed by atoms with Crippen molar-refractivity contribution in [2.24, 2.45) is 0 Å². The number of hydrogen-bond acceptors (Lipinski definition) is 4. The van der Waals surface area contributed by atoms with Gasteiger partial charge in [-0.1, -0.05) is 47.5 Å². The zero-order chi connectivity index (χ0) is 12.1. The van der Waals surface area contributed by atoms with Crippen LogP contribution in [0.5, 0.6) is 0 Å². The Labute approximate surface area is 123 Å². The van der Waals surface area contributed by atoms with E-state index in [2.05, 4.69) is 10.6 Å². The van der Waals surface area contributed by atoms with Gasteiger partial charge in [0.25, 0.3) is 0 Å². The normalized spacial score (nSPS) is 8.95. The van der Waals surface area contributed by atoms with Crippen LogP contribution in [0.15, 0.2) is 48.5 Å². The molecule has 0 aliphatic carbocycles. The van der Waals surface area contributed by atoms with E-state index >= 15 is 0 Å². The molecule has 0 aromatic heterocycles. The number of nitrogens with one attached hydrogen (secondary N) is 2. The Morgan fingerprint density at radius 2 is 1.05 bits per heavy atom. The number of para-hydroxylation sites is 2. The van der Waals surface area contributed by atoms with E-state index < -0.39 is 0 Å². The number of anilines is 2. The second-order valence-electron chi connectivity index (χ2n) is 3.49. The fraction of sp³-hybridized carbons (Fsp3) is 0.0769. The van der Waals surface area contributed by atoms with Gasteiger partial charge >= 0.3 is 0 Å². The Bertz CT molecular complexity index is 460. The Kier molecular flexibility index (Phi) is 7.95. The maximum absolute atomic E-state index is 6.02. The second-order valence-corrected chi connectivity index (χ2v) is 4.30. The van der Waals surface area contributed by atoms with Gasteiger partial charge in [-0.2, -0.15) is 0 Å². The van der Waals surface area contributed by atoms with Gasteiger partial charge in [0, 0.05) is 0 Å². The topological polar surface area (TPSA) is 94.1 Å². The van der Waals surface area contributed by atoms with Gasteiger partial charge in [0.05, 0.1) is 28.1 Å². The average Bonchev–Trinajstić information content (AvgIpc) is 2.34. The molecular weight excluding hydrogens is 283 g/mol. The summed E-state index contributed by atoms with van der Waals surface area (Å²) in [5, 5.41) is 7.78. The van der Waals surface area contributed by atoms with Gasteiger partial charge in [-0.15, -0.1) is 0 Å². The quantitative estimate of drug-likeness (QED) is 0.610. The Balaban J connectivity index is 0.00000162. The lowest BCUT2D eigenvalue weighted by Crippen LogP contribution is -2.12. The third-order valence-corrected chi connectivity index (χ3v) is 2.96. The van der Waals surface area contributed by atoms with Crippen LogP contribution in [0, 0.1) is 0 Å². The average molecular weight is 301 g/mol. The van der Waals surface area contributed by atoms with Crippen LogP contribution >= 0.6 is 23.2 Å². The lowest BCUT2D eigenvalue weighted by molar-refractivity contribution is 1.22. The highest BCUT2D eigenvalue weighted by Crippen LogP contribution is 2.22. The molecule has 2 rings (SSSR count). The molecule has 8 N–H and O–H groups in total. The fourth-order valence-corrected chi connectivity index (χ4v) is 1.85. The zero-order valence-electron chi connectivity index (χ0n) is 10.5. The predicted octanol–water partition coefficient (Wildman–Crippen LogP) is 4.80. The van der Waals surface area contributed by atoms with Crippen molar-refractivity contribution in [3.63, 3.8) is 0 Å². The first-order valence-electron chi connectivity index (χ1n) is 5.24. The number of halogens is 2. The highest BCUT2D eigenvalue weighted by Gasteiger charge is 1.99. The monoisotopic (exact) mass is 300 g/mol. The fourth-order valence-electron chi connectivity index (χ4n) is 1.44. The van der Waals surface area contributed by atoms with Gasteiger partial charge in [-0.05, 0) is 24.3 Å². The third kappa shape index (κ3) is 4.96. The zero-order valence-corrected chi connectivity index (χ0v) is 12.0. The van der Waals surface area contributed by atoms with E-state index in [9.17, 15) is 0 Å². The molecule has 2 aromatic rings. The standard InChI is InChI=1S/C13H12Cl2N2.2H3N/c14-10-5-1-3-7-12(10)16-9-17-13-8-4-2-6-11(13)15;;/h1-8,16-17H,9H2;2*1H3. The van der Waals surface area contributed by atoms with Crippen molar-refractivity contribution in [3.8, 4) is 0 Å². The van der Waals surface area contributed by atoms with Crippen LogP contribution < -0.4 is 22.9 Å². The minimum absolute atomic E-state index is 0. The SMILES string of the molecule is Clc1ccccc1NCNc1ccccc1Cl.N.N. The van der Waals surface area contributed by atoms with E-state index in [-0.39, 0.29) is 12.3 Å². The summed E-state index contributed by atoms with van der Waals surface area (Å²) in [5.74, 6) is 0. The van der Waals surface area contributed by atoms with Crippen molar-refractivity contribution in [3.05, 3.63) is 58.6 Å². The summed E-state index contributed by atoms with van der Waals surface area (Å²) in [7, 11) is 0. The first-order valence-corrected chi connectivity index (χ1v) is 6.00. The molecule has 0 atom stereocenters. The molecule has 19 heavy (non-hydrogen) atoms. The number of hydrogen-bond donors (Lipinski definition) is 4. The lowest BCUT2D eigenvalue weighted by atomic mass is 10.3. The van der Waals surface area contributed by atoms with Crippen LogP contribution in [-0.4, -0.2) is 6.67 Å². The minimum atomic E-state index is 0. The van der Waals surface area contributed by atoms with E-state index in [1.165, 1.54) is 0 Å². The maximum atomic E-state index is 6.02. The molecule has 0 amide bonds. The molecule has 6 heteroatoms. The van der Waals surface area contributed by atoms with Gasteiger partial charge in [0.2, 0.25) is 0 Å². The van der Waals surface area contributed by atoms with Gasteiger partial charge in [-0.3, -0.25) is 0 Å². The molecule has 4 nitrogen and oxygen atoms in total. The van der Waals surface area contributed by atoms with Crippen molar-refractivity contribution in [1.82, 2.24) is 12.3 Å². The molecule has 0 spiro atoms. The summed E-state index contributed by atoms with van der Waals surface area (Å²) in [5.41, 5.74) is 1.79. The van der Waals surface area contributed by atoms with Crippen LogP contribution in [0.2, 0.25) is 10.0 Å². The highest BCUT2D eigenvalue weighted by molar-refractivity contribution is 6.33. The Hall–Kier alpha value is -1.46. The van der Waals surface area contributed by atoms with Crippen LogP contribution in [0.25, 0.3) is 0 Å². The van der Waals surface area contributed by atoms with Gasteiger partial charge in [0.1, 0.15) is 0 Å². The molecule has 0 heterocycles. The van der Waals surface area contributed by atoms with Crippen molar-refractivity contribution >= 4 is 34.6 Å². The van der Waals surface area contributed by atoms with Gasteiger partial charge in [-0.25, -0.2) is 0 Å². The van der Waals surface area contributed by atoms with Crippen molar-refractivity contribution in [2.45, 2.75) is 0 Å². The second kappa shape index (κ2) is 8.61. The lowest BCUT2D eigenvalue weighted by Gasteiger charge is -2.11. The number of benzene rings is 2. The summed E-state index contributed by atoms with van der Waals surface area (Å²) < 4.78 is 0. The van der Waals surface area contributed by atoms with E-state index in [1.54, 1.807) is 0 Å². The summed E-state index contributed by atoms with van der Waals surface area (Å²) in [6, 6.07) is 15.2. The van der Waals surface area contributed by atoms with E-state index in [4.69, 9.17) is 23.2 Å². The molecule has 104 valence electrons. The molecular formula is C13H18Cl2N4. The van der Waals surface area contributed by atoms with E-state index in [0.29, 0.717) is 16.7 Å². The molecule has 0 aliphatic rings. The van der Waals surface area contributed by atoms with Crippen molar-refractivity contribution in [2.75, 3.05) is 17.3 Å². The molecule has 0 unspecified atom stereocenters. The van der Waals surface area contributed by atoms with Crippen LogP contribution in [0.4, 0.5) is 11.4 Å². The largest absolute Gasteiger partial charge is 0.367 e. The van der Waals surface area contributed by atoms with Crippen LogP contribution in [0.1, 0.15) is 0 Å². The molecule has 0 saturated heterocycles. The number of rotatable bonds is 4. The summed E-state index contributed by atoms with van der Waals surface area (Å²) >= 11 is 12.0. The molecule has 0 bridgehead atoms. The first kappa shape index (κ1) is 17.5. The van der Waals surface area contributed by atoms with Crippen LogP contribution in [0.3, 0.4) is 0 Å². The summed E-state index contributed by atoms with van der Waals surface area (Å²) in [6.07, 6.45) is 0. The van der Waals surface area contributed by atoms with Crippen molar-refractivity contribution in [1.29, 1.82) is 0 Å². The molecule has 0 saturated carbocycles. The van der Waals surface area contributed by atoms with E-state index in [0.717, 1.165) is 11.4 Å². The summed E-state index contributed by atoms with van der Waals surface area (Å²) in [4.78, 5) is 0. The van der Waals surface area contributed by atoms with Crippen molar-refractivity contribution < 1.29 is 0 Å². The predicted molar refractivity (Wildman–Crippen MR) is 85.1 cm³/mol. The third-order valence-electron chi connectivity index (χ3n) is 2.31. The molecule has 2 aromatic carbocycles. The highest BCUT2D eigenvalue weighted by atomic mass is 35.5. The minimum Gasteiger partial charge on any atom is -0.367 e. The van der Waals surface area contributed by atoms with Gasteiger partial charge in [0.15, 0.2) is 0 Å². The first-order chi connectivity index (χ1) is 8.27. The smallest absolute Gasteiger partial charge is 0.0850 e. The van der Waals surface area contributed by atoms with E-state index in [1.807, 2.05) is 48.5 Å². The Morgan fingerprint density at radius 1 is 0.684 bits per heavy atom. The molecule has 0 fully saturated rings.